The molecular formula is C19H19N5O. The summed E-state index contributed by atoms with van der Waals surface area (Å²) in [6.07, 6.45) is 4.93. The van der Waals surface area contributed by atoms with E-state index in [0.29, 0.717) is 12.1 Å². The minimum absolute atomic E-state index is 0.250. The second-order valence-corrected chi connectivity index (χ2v) is 5.76. The maximum Gasteiger partial charge on any atom is 0.271 e. The first-order valence-corrected chi connectivity index (χ1v) is 7.95. The number of carbonyl (C=O) groups is 1. The number of pyridine rings is 1. The van der Waals surface area contributed by atoms with Crippen LogP contribution in [-0.2, 0) is 6.54 Å². The molecule has 3 aromatic rings. The first-order valence-electron chi connectivity index (χ1n) is 7.95. The molecule has 0 aliphatic rings. The van der Waals surface area contributed by atoms with Crippen LogP contribution in [0.2, 0.25) is 0 Å². The zero-order valence-electron chi connectivity index (χ0n) is 14.2. The summed E-state index contributed by atoms with van der Waals surface area (Å²) in [6, 6.07) is 13.1. The number of aromatic nitrogens is 3. The van der Waals surface area contributed by atoms with E-state index in [1.165, 1.54) is 0 Å². The fraction of sp³-hybridized carbons (Fsp3) is 0.158. The van der Waals surface area contributed by atoms with Gasteiger partial charge in [0, 0.05) is 23.7 Å². The molecule has 0 saturated heterocycles. The fourth-order valence-electron chi connectivity index (χ4n) is 2.50. The largest absolute Gasteiger partial charge is 0.271 e. The molecule has 2 heterocycles. The van der Waals surface area contributed by atoms with E-state index in [9.17, 15) is 4.79 Å². The van der Waals surface area contributed by atoms with Crippen molar-refractivity contribution in [1.29, 1.82) is 0 Å². The number of nitrogens with zero attached hydrogens (tertiary/aromatic N) is 4. The molecule has 1 aromatic carbocycles. The van der Waals surface area contributed by atoms with Gasteiger partial charge in [-0.2, -0.15) is 10.2 Å². The molecule has 1 amide bonds. The first-order chi connectivity index (χ1) is 12.1. The van der Waals surface area contributed by atoms with Crippen LogP contribution in [0.1, 0.15) is 32.9 Å². The normalized spacial score (nSPS) is 11.0. The van der Waals surface area contributed by atoms with Crippen LogP contribution < -0.4 is 5.43 Å². The molecule has 0 unspecified atom stereocenters. The minimum atomic E-state index is -0.250. The number of aryl methyl sites for hydroxylation is 2. The molecule has 0 fully saturated rings. The van der Waals surface area contributed by atoms with Crippen LogP contribution in [0.3, 0.4) is 0 Å². The zero-order chi connectivity index (χ0) is 17.6. The number of carbonyl (C=O) groups excluding carboxylic acids is 1. The number of hydrogen-bond donors (Lipinski definition) is 1. The Balaban J connectivity index is 1.67. The van der Waals surface area contributed by atoms with Crippen LogP contribution >= 0.6 is 0 Å². The number of hydrazone groups is 1. The third kappa shape index (κ3) is 4.38. The molecule has 1 N–H and O–H groups in total. The van der Waals surface area contributed by atoms with E-state index in [1.807, 2.05) is 54.9 Å². The van der Waals surface area contributed by atoms with Gasteiger partial charge in [0.25, 0.3) is 5.91 Å². The Hall–Kier alpha value is -3.28. The van der Waals surface area contributed by atoms with E-state index < -0.39 is 0 Å². The standard InChI is InChI=1S/C19H19N5O/c1-14-10-15(2)24(23-14)13-17-4-3-5-18(11-17)19(25)22-21-12-16-6-8-20-9-7-16/h3-12H,13H2,1-2H3,(H,22,25)/b21-12-. The lowest BCUT2D eigenvalue weighted by atomic mass is 10.1. The summed E-state index contributed by atoms with van der Waals surface area (Å²) in [5.74, 6) is -0.250. The van der Waals surface area contributed by atoms with E-state index in [4.69, 9.17) is 0 Å². The number of rotatable bonds is 5. The SMILES string of the molecule is Cc1cc(C)n(Cc2cccc(C(=O)N/N=C\c3ccncc3)c2)n1. The van der Waals surface area contributed by atoms with E-state index in [2.05, 4.69) is 20.6 Å². The zero-order valence-corrected chi connectivity index (χ0v) is 14.2. The highest BCUT2D eigenvalue weighted by Gasteiger charge is 2.07. The molecule has 25 heavy (non-hydrogen) atoms. The highest BCUT2D eigenvalue weighted by atomic mass is 16.2. The highest BCUT2D eigenvalue weighted by molar-refractivity contribution is 5.95. The van der Waals surface area contributed by atoms with Gasteiger partial charge in [0.2, 0.25) is 0 Å². The molecule has 0 aliphatic heterocycles. The quantitative estimate of drug-likeness (QED) is 0.576. The number of amides is 1. The molecule has 0 aliphatic carbocycles. The lowest BCUT2D eigenvalue weighted by Gasteiger charge is -2.06. The fourth-order valence-corrected chi connectivity index (χ4v) is 2.50. The van der Waals surface area contributed by atoms with Gasteiger partial charge in [0.05, 0.1) is 18.5 Å². The Kier molecular flexibility index (Phi) is 4.99. The first kappa shape index (κ1) is 16.6. The molecule has 6 heteroatoms. The molecule has 0 spiro atoms. The maximum absolute atomic E-state index is 12.3. The average molecular weight is 333 g/mol. The molecule has 126 valence electrons. The van der Waals surface area contributed by atoms with Gasteiger partial charge in [0.15, 0.2) is 0 Å². The summed E-state index contributed by atoms with van der Waals surface area (Å²) < 4.78 is 1.92. The third-order valence-corrected chi connectivity index (χ3v) is 3.71. The summed E-state index contributed by atoms with van der Waals surface area (Å²) in [7, 11) is 0. The van der Waals surface area contributed by atoms with Gasteiger partial charge in [0.1, 0.15) is 0 Å². The lowest BCUT2D eigenvalue weighted by Crippen LogP contribution is -2.18. The monoisotopic (exact) mass is 333 g/mol. The van der Waals surface area contributed by atoms with Crippen molar-refractivity contribution in [1.82, 2.24) is 20.2 Å². The predicted molar refractivity (Wildman–Crippen MR) is 96.5 cm³/mol. The van der Waals surface area contributed by atoms with Crippen LogP contribution in [0.5, 0.6) is 0 Å². The Morgan fingerprint density at radius 1 is 1.20 bits per heavy atom. The van der Waals surface area contributed by atoms with Gasteiger partial charge < -0.3 is 0 Å². The summed E-state index contributed by atoms with van der Waals surface area (Å²) in [4.78, 5) is 16.2. The Bertz CT molecular complexity index is 899. The van der Waals surface area contributed by atoms with Gasteiger partial charge in [-0.3, -0.25) is 14.5 Å². The van der Waals surface area contributed by atoms with E-state index in [1.54, 1.807) is 24.7 Å². The van der Waals surface area contributed by atoms with Crippen molar-refractivity contribution in [3.8, 4) is 0 Å². The Morgan fingerprint density at radius 3 is 2.72 bits per heavy atom. The molecule has 0 atom stereocenters. The van der Waals surface area contributed by atoms with Gasteiger partial charge in [-0.25, -0.2) is 5.43 Å². The maximum atomic E-state index is 12.3. The molecule has 6 nitrogen and oxygen atoms in total. The van der Waals surface area contributed by atoms with Crippen molar-refractivity contribution in [2.24, 2.45) is 5.10 Å². The number of hydrogen-bond acceptors (Lipinski definition) is 4. The van der Waals surface area contributed by atoms with E-state index in [-0.39, 0.29) is 5.91 Å². The van der Waals surface area contributed by atoms with E-state index >= 15 is 0 Å². The molecule has 2 aromatic heterocycles. The highest BCUT2D eigenvalue weighted by Crippen LogP contribution is 2.10. The van der Waals surface area contributed by atoms with Crippen molar-refractivity contribution < 1.29 is 4.79 Å². The van der Waals surface area contributed by atoms with Crippen molar-refractivity contribution in [2.45, 2.75) is 20.4 Å². The summed E-state index contributed by atoms with van der Waals surface area (Å²) in [6.45, 7) is 4.61. The lowest BCUT2D eigenvalue weighted by molar-refractivity contribution is 0.0955. The van der Waals surface area contributed by atoms with Crippen molar-refractivity contribution in [2.75, 3.05) is 0 Å². The van der Waals surface area contributed by atoms with Gasteiger partial charge in [-0.1, -0.05) is 12.1 Å². The summed E-state index contributed by atoms with van der Waals surface area (Å²) in [5, 5.41) is 8.43. The molecule has 0 bridgehead atoms. The third-order valence-electron chi connectivity index (χ3n) is 3.71. The smallest absolute Gasteiger partial charge is 0.267 e. The van der Waals surface area contributed by atoms with Crippen molar-refractivity contribution in [3.63, 3.8) is 0 Å². The minimum Gasteiger partial charge on any atom is -0.267 e. The Labute approximate surface area is 146 Å². The van der Waals surface area contributed by atoms with Crippen LogP contribution in [0.15, 0.2) is 60.0 Å². The molecule has 0 saturated carbocycles. The van der Waals surface area contributed by atoms with Gasteiger partial charge >= 0.3 is 0 Å². The second kappa shape index (κ2) is 7.53. The molecule has 0 radical (unpaired) electrons. The summed E-state index contributed by atoms with van der Waals surface area (Å²) in [5.41, 5.74) is 7.06. The van der Waals surface area contributed by atoms with Gasteiger partial charge in [-0.15, -0.1) is 0 Å². The number of benzene rings is 1. The van der Waals surface area contributed by atoms with Crippen LogP contribution in [0, 0.1) is 13.8 Å². The van der Waals surface area contributed by atoms with Crippen molar-refractivity contribution in [3.05, 3.63) is 82.9 Å². The Morgan fingerprint density at radius 2 is 2.00 bits per heavy atom. The van der Waals surface area contributed by atoms with Crippen molar-refractivity contribution >= 4 is 12.1 Å². The average Bonchev–Trinajstić information content (AvgIpc) is 2.93. The second-order valence-electron chi connectivity index (χ2n) is 5.76. The predicted octanol–water partition coefficient (Wildman–Crippen LogP) is 2.71. The van der Waals surface area contributed by atoms with Crippen LogP contribution in [-0.4, -0.2) is 26.9 Å². The topological polar surface area (TPSA) is 72.2 Å². The van der Waals surface area contributed by atoms with Crippen LogP contribution in [0.25, 0.3) is 0 Å². The van der Waals surface area contributed by atoms with Crippen LogP contribution in [0.4, 0.5) is 0 Å². The molecule has 3 rings (SSSR count). The summed E-state index contributed by atoms with van der Waals surface area (Å²) >= 11 is 0. The van der Waals surface area contributed by atoms with E-state index in [0.717, 1.165) is 22.5 Å². The van der Waals surface area contributed by atoms with Gasteiger partial charge in [-0.05, 0) is 55.3 Å². The number of nitrogens with one attached hydrogen (secondary N) is 1. The molecular weight excluding hydrogens is 314 g/mol.